The molecule has 2 unspecified atom stereocenters. The second-order valence-corrected chi connectivity index (χ2v) is 7.17. The van der Waals surface area contributed by atoms with Gasteiger partial charge in [-0.1, -0.05) is 31.1 Å². The fourth-order valence-electron chi connectivity index (χ4n) is 3.17. The van der Waals surface area contributed by atoms with E-state index in [-0.39, 0.29) is 18.0 Å². The van der Waals surface area contributed by atoms with E-state index < -0.39 is 0 Å². The molecule has 0 radical (unpaired) electrons. The van der Waals surface area contributed by atoms with Crippen LogP contribution in [0, 0.1) is 5.82 Å². The minimum Gasteiger partial charge on any atom is -0.367 e. The van der Waals surface area contributed by atoms with Crippen LogP contribution in [0.25, 0.3) is 0 Å². The number of hydrogen-bond acceptors (Lipinski definition) is 4. The predicted molar refractivity (Wildman–Crippen MR) is 102 cm³/mol. The molecule has 3 rings (SSSR count). The molecular weight excluding hydrogens is 347 g/mol. The van der Waals surface area contributed by atoms with Crippen molar-refractivity contribution < 1.29 is 13.7 Å². The van der Waals surface area contributed by atoms with Gasteiger partial charge in [-0.2, -0.15) is 0 Å². The van der Waals surface area contributed by atoms with Gasteiger partial charge in [-0.15, -0.1) is 0 Å². The Bertz CT molecular complexity index is 773. The van der Waals surface area contributed by atoms with Gasteiger partial charge in [0.1, 0.15) is 11.9 Å². The lowest BCUT2D eigenvalue weighted by Crippen LogP contribution is -2.50. The second-order valence-electron chi connectivity index (χ2n) is 7.17. The van der Waals surface area contributed by atoms with Gasteiger partial charge < -0.3 is 19.5 Å². The van der Waals surface area contributed by atoms with Crippen LogP contribution >= 0.6 is 0 Å². The van der Waals surface area contributed by atoms with E-state index in [0.29, 0.717) is 19.0 Å². The molecule has 1 aliphatic heterocycles. The Morgan fingerprint density at radius 1 is 1.33 bits per heavy atom. The van der Waals surface area contributed by atoms with Crippen molar-refractivity contribution in [2.24, 2.45) is 4.99 Å². The maximum atomic E-state index is 13.2. The van der Waals surface area contributed by atoms with Crippen LogP contribution in [-0.4, -0.2) is 42.3 Å². The Kier molecular flexibility index (Phi) is 6.11. The SMILES string of the molecule is CN=C(NCc1cc(C(C)C)no1)N1CC(C)OC(c2ccc(F)cc2)C1. The van der Waals surface area contributed by atoms with Crippen molar-refractivity contribution >= 4 is 5.96 Å². The number of morpholine rings is 1. The third-order valence-corrected chi connectivity index (χ3v) is 4.60. The molecule has 7 heteroatoms. The van der Waals surface area contributed by atoms with Gasteiger partial charge in [0, 0.05) is 19.7 Å². The molecule has 1 aromatic carbocycles. The highest BCUT2D eigenvalue weighted by atomic mass is 19.1. The third kappa shape index (κ3) is 4.86. The summed E-state index contributed by atoms with van der Waals surface area (Å²) in [6, 6.07) is 8.44. The molecule has 1 saturated heterocycles. The van der Waals surface area contributed by atoms with E-state index >= 15 is 0 Å². The van der Waals surface area contributed by atoms with Crippen LogP contribution in [0.3, 0.4) is 0 Å². The summed E-state index contributed by atoms with van der Waals surface area (Å²) in [5.74, 6) is 1.64. The lowest BCUT2D eigenvalue weighted by Gasteiger charge is -2.38. The van der Waals surface area contributed by atoms with Crippen molar-refractivity contribution in [2.75, 3.05) is 20.1 Å². The Morgan fingerprint density at radius 2 is 2.07 bits per heavy atom. The summed E-state index contributed by atoms with van der Waals surface area (Å²) in [5, 5.41) is 7.42. The lowest BCUT2D eigenvalue weighted by molar-refractivity contribution is -0.0605. The maximum absolute atomic E-state index is 13.2. The zero-order valence-corrected chi connectivity index (χ0v) is 16.3. The summed E-state index contributed by atoms with van der Waals surface area (Å²) in [6.07, 6.45) is -0.101. The van der Waals surface area contributed by atoms with Crippen LogP contribution in [0.1, 0.15) is 49.8 Å². The molecule has 27 heavy (non-hydrogen) atoms. The number of ether oxygens (including phenoxy) is 1. The van der Waals surface area contributed by atoms with Gasteiger partial charge in [0.05, 0.1) is 24.9 Å². The average Bonchev–Trinajstić information content (AvgIpc) is 3.12. The zero-order chi connectivity index (χ0) is 19.4. The molecule has 1 aliphatic rings. The quantitative estimate of drug-likeness (QED) is 0.656. The van der Waals surface area contributed by atoms with Crippen molar-refractivity contribution in [1.82, 2.24) is 15.4 Å². The van der Waals surface area contributed by atoms with Gasteiger partial charge in [0.15, 0.2) is 11.7 Å². The molecule has 0 bridgehead atoms. The predicted octanol–water partition coefficient (Wildman–Crippen LogP) is 3.47. The van der Waals surface area contributed by atoms with E-state index in [4.69, 9.17) is 9.26 Å². The number of nitrogens with zero attached hydrogens (tertiary/aromatic N) is 3. The van der Waals surface area contributed by atoms with Crippen LogP contribution in [0.2, 0.25) is 0 Å². The van der Waals surface area contributed by atoms with Gasteiger partial charge in [0.25, 0.3) is 0 Å². The van der Waals surface area contributed by atoms with Crippen molar-refractivity contribution in [2.45, 2.75) is 45.4 Å². The Hall–Kier alpha value is -2.41. The van der Waals surface area contributed by atoms with Crippen LogP contribution in [0.5, 0.6) is 0 Å². The van der Waals surface area contributed by atoms with E-state index in [1.807, 2.05) is 13.0 Å². The molecule has 146 valence electrons. The molecule has 2 heterocycles. The highest BCUT2D eigenvalue weighted by Gasteiger charge is 2.28. The summed E-state index contributed by atoms with van der Waals surface area (Å²) >= 11 is 0. The summed E-state index contributed by atoms with van der Waals surface area (Å²) in [6.45, 7) is 8.08. The van der Waals surface area contributed by atoms with Gasteiger partial charge in [-0.05, 0) is 30.5 Å². The number of hydrogen-bond donors (Lipinski definition) is 1. The molecule has 1 fully saturated rings. The first kappa shape index (κ1) is 19.4. The second kappa shape index (κ2) is 8.52. The van der Waals surface area contributed by atoms with E-state index in [2.05, 4.69) is 34.2 Å². The molecule has 6 nitrogen and oxygen atoms in total. The van der Waals surface area contributed by atoms with E-state index in [9.17, 15) is 4.39 Å². The molecule has 1 N–H and O–H groups in total. The molecule has 1 aromatic heterocycles. The van der Waals surface area contributed by atoms with Crippen molar-refractivity contribution in [3.63, 3.8) is 0 Å². The topological polar surface area (TPSA) is 62.9 Å². The monoisotopic (exact) mass is 374 g/mol. The van der Waals surface area contributed by atoms with Crippen molar-refractivity contribution in [3.05, 3.63) is 53.2 Å². The van der Waals surface area contributed by atoms with E-state index in [1.54, 1.807) is 19.2 Å². The number of halogens is 1. The first-order valence-electron chi connectivity index (χ1n) is 9.28. The summed E-state index contributed by atoms with van der Waals surface area (Å²) in [4.78, 5) is 6.55. The zero-order valence-electron chi connectivity index (χ0n) is 16.3. The largest absolute Gasteiger partial charge is 0.367 e. The molecule has 2 atom stereocenters. The summed E-state index contributed by atoms with van der Waals surface area (Å²) in [7, 11) is 1.76. The van der Waals surface area contributed by atoms with Crippen molar-refractivity contribution in [1.29, 1.82) is 0 Å². The molecular formula is C20H27FN4O2. The average molecular weight is 374 g/mol. The number of nitrogens with one attached hydrogen (secondary N) is 1. The van der Waals surface area contributed by atoms with Crippen molar-refractivity contribution in [3.8, 4) is 0 Å². The first-order chi connectivity index (χ1) is 13.0. The highest BCUT2D eigenvalue weighted by Crippen LogP contribution is 2.25. The Balaban J connectivity index is 1.65. The fraction of sp³-hybridized carbons (Fsp3) is 0.500. The molecule has 0 spiro atoms. The number of aliphatic imine (C=N–C) groups is 1. The smallest absolute Gasteiger partial charge is 0.194 e. The van der Waals surface area contributed by atoms with E-state index in [0.717, 1.165) is 29.5 Å². The van der Waals surface area contributed by atoms with Gasteiger partial charge >= 0.3 is 0 Å². The summed E-state index contributed by atoms with van der Waals surface area (Å²) < 4.78 is 24.6. The highest BCUT2D eigenvalue weighted by molar-refractivity contribution is 5.80. The number of rotatable bonds is 4. The number of guanidine groups is 1. The Morgan fingerprint density at radius 3 is 2.70 bits per heavy atom. The standard InChI is InChI=1S/C20H27FN4O2/c1-13(2)18-9-17(27-24-18)10-23-20(22-4)25-11-14(3)26-19(12-25)15-5-7-16(21)8-6-15/h5-9,13-14,19H,10-12H2,1-4H3,(H,22,23). The van der Waals surface area contributed by atoms with Gasteiger partial charge in [-0.25, -0.2) is 4.39 Å². The molecule has 0 aliphatic carbocycles. The first-order valence-corrected chi connectivity index (χ1v) is 9.28. The van der Waals surface area contributed by atoms with E-state index in [1.165, 1.54) is 12.1 Å². The molecule has 0 saturated carbocycles. The number of aromatic nitrogens is 1. The van der Waals surface area contributed by atoms with Gasteiger partial charge in [-0.3, -0.25) is 4.99 Å². The number of benzene rings is 1. The normalized spacial score (nSPS) is 21.0. The Labute approximate surface area is 159 Å². The fourth-order valence-corrected chi connectivity index (χ4v) is 3.17. The molecule has 0 amide bonds. The lowest BCUT2D eigenvalue weighted by atomic mass is 10.1. The van der Waals surface area contributed by atoms with Gasteiger partial charge in [0.2, 0.25) is 0 Å². The van der Waals surface area contributed by atoms with Crippen LogP contribution in [-0.2, 0) is 11.3 Å². The minimum atomic E-state index is -0.246. The third-order valence-electron chi connectivity index (χ3n) is 4.60. The van der Waals surface area contributed by atoms with Crippen LogP contribution in [0.15, 0.2) is 39.8 Å². The maximum Gasteiger partial charge on any atom is 0.194 e. The minimum absolute atomic E-state index is 0.0326. The summed E-state index contributed by atoms with van der Waals surface area (Å²) in [5.41, 5.74) is 1.90. The molecule has 2 aromatic rings. The van der Waals surface area contributed by atoms with Crippen LogP contribution in [0.4, 0.5) is 4.39 Å². The van der Waals surface area contributed by atoms with Crippen LogP contribution < -0.4 is 5.32 Å².